The Hall–Kier alpha value is -1.82. The van der Waals surface area contributed by atoms with Crippen molar-refractivity contribution in [2.45, 2.75) is 101 Å². The Morgan fingerprint density at radius 3 is 2.64 bits per heavy atom. The van der Waals surface area contributed by atoms with Crippen LogP contribution in [0.3, 0.4) is 0 Å². The van der Waals surface area contributed by atoms with E-state index in [1.807, 2.05) is 46.8 Å². The maximum atomic E-state index is 13.3. The standard InChI is InChI=1S/C28H40BN3O5S2/c1-9-34-18-11-10-16(15(2)22(18)23(33)35-26(3,4)5)12-21(38-25-32-31-24(30)39-25)29-36-20-14-17-13-19(27(17,6)7)28(20,8)37-29/h10-11,17,19-21H,9,12-14H2,1-8H3,(H2,30,31)/t17-,19-,20?,21-,28-/m0/s1. The van der Waals surface area contributed by atoms with Gasteiger partial charge in [0, 0.05) is 0 Å². The third-order valence-corrected chi connectivity index (χ3v) is 10.9. The number of nitrogens with two attached hydrogens (primary N) is 1. The minimum atomic E-state index is -0.620. The molecule has 212 valence electrons. The number of aromatic nitrogens is 2. The summed E-state index contributed by atoms with van der Waals surface area (Å²) in [5, 5.41) is 8.59. The molecule has 1 saturated heterocycles. The lowest BCUT2D eigenvalue weighted by Crippen LogP contribution is -2.65. The first-order chi connectivity index (χ1) is 18.2. The molecule has 4 aliphatic rings. The van der Waals surface area contributed by atoms with Gasteiger partial charge < -0.3 is 24.5 Å². The summed E-state index contributed by atoms with van der Waals surface area (Å²) < 4.78 is 25.9. The van der Waals surface area contributed by atoms with E-state index >= 15 is 0 Å². The Kier molecular flexibility index (Phi) is 7.53. The van der Waals surface area contributed by atoms with E-state index in [0.29, 0.717) is 41.3 Å². The molecule has 0 radical (unpaired) electrons. The molecule has 8 nitrogen and oxygen atoms in total. The molecule has 6 rings (SSSR count). The van der Waals surface area contributed by atoms with Crippen molar-refractivity contribution in [3.63, 3.8) is 0 Å². The molecule has 2 heterocycles. The summed E-state index contributed by atoms with van der Waals surface area (Å²) >= 11 is 2.93. The lowest BCUT2D eigenvalue weighted by molar-refractivity contribution is -0.199. The van der Waals surface area contributed by atoms with Crippen LogP contribution in [0, 0.1) is 24.2 Å². The van der Waals surface area contributed by atoms with Gasteiger partial charge >= 0.3 is 13.1 Å². The molecule has 1 unspecified atom stereocenters. The fourth-order valence-electron chi connectivity index (χ4n) is 6.68. The van der Waals surface area contributed by atoms with Crippen LogP contribution < -0.4 is 10.5 Å². The molecule has 39 heavy (non-hydrogen) atoms. The molecule has 3 saturated carbocycles. The highest BCUT2D eigenvalue weighted by Crippen LogP contribution is 2.66. The van der Waals surface area contributed by atoms with Crippen molar-refractivity contribution in [2.24, 2.45) is 17.3 Å². The van der Waals surface area contributed by atoms with Gasteiger partial charge in [-0.3, -0.25) is 0 Å². The zero-order chi connectivity index (χ0) is 28.3. The molecule has 4 fully saturated rings. The van der Waals surface area contributed by atoms with Gasteiger partial charge in [0.15, 0.2) is 4.34 Å². The number of rotatable bonds is 8. The van der Waals surface area contributed by atoms with Gasteiger partial charge in [-0.1, -0.05) is 43.0 Å². The maximum absolute atomic E-state index is 13.3. The molecule has 1 aromatic carbocycles. The van der Waals surface area contributed by atoms with Crippen molar-refractivity contribution < 1.29 is 23.6 Å². The highest BCUT2D eigenvalue weighted by atomic mass is 32.2. The van der Waals surface area contributed by atoms with Crippen molar-refractivity contribution in [2.75, 3.05) is 12.3 Å². The number of thioether (sulfide) groups is 1. The van der Waals surface area contributed by atoms with E-state index in [-0.39, 0.29) is 28.2 Å². The maximum Gasteiger partial charge on any atom is 0.472 e. The summed E-state index contributed by atoms with van der Waals surface area (Å²) in [4.78, 5) is 13.3. The highest BCUT2D eigenvalue weighted by molar-refractivity contribution is 8.02. The highest BCUT2D eigenvalue weighted by Gasteiger charge is 2.68. The van der Waals surface area contributed by atoms with Gasteiger partial charge in [-0.25, -0.2) is 4.79 Å². The predicted molar refractivity (Wildman–Crippen MR) is 155 cm³/mol. The minimum Gasteiger partial charge on any atom is -0.493 e. The van der Waals surface area contributed by atoms with Crippen LogP contribution in [0.5, 0.6) is 5.75 Å². The number of hydrogen-bond donors (Lipinski definition) is 1. The van der Waals surface area contributed by atoms with Crippen LogP contribution >= 0.6 is 23.1 Å². The quantitative estimate of drug-likeness (QED) is 0.240. The van der Waals surface area contributed by atoms with Gasteiger partial charge in [0.05, 0.1) is 23.5 Å². The zero-order valence-electron chi connectivity index (χ0n) is 24.2. The Bertz CT molecular complexity index is 1250. The van der Waals surface area contributed by atoms with Crippen LogP contribution in [0.4, 0.5) is 5.13 Å². The summed E-state index contributed by atoms with van der Waals surface area (Å²) in [7, 11) is -0.429. The molecule has 0 spiro atoms. The smallest absolute Gasteiger partial charge is 0.472 e. The number of esters is 1. The van der Waals surface area contributed by atoms with E-state index in [1.54, 1.807) is 11.8 Å². The number of carbonyl (C=O) groups is 1. The third-order valence-electron chi connectivity index (χ3n) is 8.81. The Labute approximate surface area is 240 Å². The second-order valence-corrected chi connectivity index (χ2v) is 15.3. The Balaban J connectivity index is 1.46. The molecule has 11 heteroatoms. The molecule has 0 amide bonds. The molecule has 2 aromatic rings. The van der Waals surface area contributed by atoms with Crippen LogP contribution in [0.1, 0.15) is 82.8 Å². The van der Waals surface area contributed by atoms with Crippen LogP contribution in [-0.2, 0) is 20.5 Å². The van der Waals surface area contributed by atoms with Gasteiger partial charge in [0.2, 0.25) is 5.13 Å². The second-order valence-electron chi connectivity index (χ2n) is 12.8. The van der Waals surface area contributed by atoms with E-state index in [9.17, 15) is 4.79 Å². The monoisotopic (exact) mass is 573 g/mol. The largest absolute Gasteiger partial charge is 0.493 e. The first kappa shape index (κ1) is 28.7. The first-order valence-electron chi connectivity index (χ1n) is 13.8. The zero-order valence-corrected chi connectivity index (χ0v) is 25.8. The number of ether oxygens (including phenoxy) is 2. The van der Waals surface area contributed by atoms with Crippen molar-refractivity contribution >= 4 is 41.3 Å². The lowest BCUT2D eigenvalue weighted by Gasteiger charge is -2.64. The molecule has 1 aromatic heterocycles. The minimum absolute atomic E-state index is 0.0700. The van der Waals surface area contributed by atoms with Gasteiger partial charge in [-0.05, 0) is 95.2 Å². The van der Waals surface area contributed by atoms with Crippen LogP contribution in [-0.4, -0.2) is 52.3 Å². The van der Waals surface area contributed by atoms with Crippen molar-refractivity contribution in [3.05, 3.63) is 28.8 Å². The van der Waals surface area contributed by atoms with E-state index in [1.165, 1.54) is 17.8 Å². The SMILES string of the molecule is CCOc1ccc(C[C@H](Sc2nnc(N)s2)B2OC3C[C@@H]4C[C@@H](C4(C)C)[C@]3(C)O2)c(C)c1C(=O)OC(C)(C)C. The van der Waals surface area contributed by atoms with Crippen molar-refractivity contribution in [3.8, 4) is 5.75 Å². The molecule has 5 atom stereocenters. The number of anilines is 1. The average molecular weight is 574 g/mol. The second kappa shape index (κ2) is 10.2. The molecule has 2 bridgehead atoms. The van der Waals surface area contributed by atoms with Crippen molar-refractivity contribution in [1.29, 1.82) is 0 Å². The third kappa shape index (κ3) is 5.32. The van der Waals surface area contributed by atoms with Gasteiger partial charge in [-0.2, -0.15) is 0 Å². The molecular weight excluding hydrogens is 533 g/mol. The van der Waals surface area contributed by atoms with E-state index in [4.69, 9.17) is 24.5 Å². The van der Waals surface area contributed by atoms with Gasteiger partial charge in [0.25, 0.3) is 0 Å². The number of hydrogen-bond acceptors (Lipinski definition) is 10. The van der Waals surface area contributed by atoms with E-state index in [0.717, 1.165) is 21.9 Å². The topological polar surface area (TPSA) is 106 Å². The Morgan fingerprint density at radius 2 is 2.03 bits per heavy atom. The van der Waals surface area contributed by atoms with Crippen molar-refractivity contribution in [1.82, 2.24) is 10.2 Å². The molecule has 1 aliphatic heterocycles. The summed E-state index contributed by atoms with van der Waals surface area (Å²) in [5.74, 6) is 1.28. The van der Waals surface area contributed by atoms with Crippen LogP contribution in [0.25, 0.3) is 0 Å². The summed E-state index contributed by atoms with van der Waals surface area (Å²) in [6, 6.07) is 3.89. The van der Waals surface area contributed by atoms with E-state index < -0.39 is 12.7 Å². The molecule has 3 aliphatic carbocycles. The summed E-state index contributed by atoms with van der Waals surface area (Å²) in [6.45, 7) is 16.9. The molecule has 2 N–H and O–H groups in total. The normalized spacial score (nSPS) is 28.0. The van der Waals surface area contributed by atoms with Gasteiger partial charge in [-0.15, -0.1) is 10.2 Å². The Morgan fingerprint density at radius 1 is 1.28 bits per heavy atom. The van der Waals surface area contributed by atoms with Crippen LogP contribution in [0.2, 0.25) is 0 Å². The number of benzene rings is 1. The van der Waals surface area contributed by atoms with Gasteiger partial charge in [0.1, 0.15) is 16.9 Å². The number of nitrogen functional groups attached to an aromatic ring is 1. The number of carbonyl (C=O) groups excluding carboxylic acids is 1. The van der Waals surface area contributed by atoms with Crippen LogP contribution in [0.15, 0.2) is 16.5 Å². The fraction of sp³-hybridized carbons (Fsp3) is 0.679. The first-order valence-corrected chi connectivity index (χ1v) is 15.5. The average Bonchev–Trinajstić information content (AvgIpc) is 3.40. The summed E-state index contributed by atoms with van der Waals surface area (Å²) in [5.41, 5.74) is 7.53. The van der Waals surface area contributed by atoms with E-state index in [2.05, 4.69) is 31.0 Å². The molecular formula is C28H40BN3O5S2. The number of nitrogens with zero attached hydrogens (tertiary/aromatic N) is 2. The fourth-order valence-corrected chi connectivity index (χ4v) is 8.68. The lowest BCUT2D eigenvalue weighted by atomic mass is 9.43. The predicted octanol–water partition coefficient (Wildman–Crippen LogP) is 5.75. The summed E-state index contributed by atoms with van der Waals surface area (Å²) in [6.07, 6.45) is 2.88.